The highest BCUT2D eigenvalue weighted by Gasteiger charge is 2.22. The van der Waals surface area contributed by atoms with Crippen LogP contribution in [0.4, 0.5) is 5.00 Å². The summed E-state index contributed by atoms with van der Waals surface area (Å²) in [6, 6.07) is 17.4. The Kier molecular flexibility index (Phi) is 7.63. The number of anilines is 1. The van der Waals surface area contributed by atoms with Gasteiger partial charge in [0.25, 0.3) is 0 Å². The highest BCUT2D eigenvalue weighted by molar-refractivity contribution is 7.15. The molecule has 0 unspecified atom stereocenters. The Labute approximate surface area is 180 Å². The van der Waals surface area contributed by atoms with Crippen LogP contribution in [0, 0.1) is 0 Å². The van der Waals surface area contributed by atoms with E-state index in [1.54, 1.807) is 6.92 Å². The smallest absolute Gasteiger partial charge is 0.341 e. The van der Waals surface area contributed by atoms with Crippen LogP contribution >= 0.6 is 11.3 Å². The molecule has 1 amide bonds. The summed E-state index contributed by atoms with van der Waals surface area (Å²) < 4.78 is 10.8. The Hall–Kier alpha value is -3.12. The number of rotatable bonds is 9. The van der Waals surface area contributed by atoms with Gasteiger partial charge in [-0.3, -0.25) is 4.79 Å². The molecule has 0 saturated heterocycles. The van der Waals surface area contributed by atoms with Crippen molar-refractivity contribution < 1.29 is 19.1 Å². The number of hydrogen-bond donors (Lipinski definition) is 1. The molecule has 1 heterocycles. The van der Waals surface area contributed by atoms with E-state index in [0.29, 0.717) is 16.3 Å². The quantitative estimate of drug-likeness (QED) is 0.458. The average Bonchev–Trinajstić information content (AvgIpc) is 3.18. The van der Waals surface area contributed by atoms with Crippen molar-refractivity contribution in [3.8, 4) is 16.9 Å². The SMILES string of the molecule is CCOC(=O)c1c(-c2ccc(CC)cc2)csc1NC(=O)CCOc1ccccc1. The molecule has 0 atom stereocenters. The molecule has 0 aliphatic rings. The lowest BCUT2D eigenvalue weighted by Crippen LogP contribution is -2.17. The van der Waals surface area contributed by atoms with Gasteiger partial charge in [-0.15, -0.1) is 11.3 Å². The molecule has 6 heteroatoms. The predicted octanol–water partition coefficient (Wildman–Crippen LogP) is 5.56. The van der Waals surface area contributed by atoms with Crippen LogP contribution in [0.3, 0.4) is 0 Å². The number of hydrogen-bond acceptors (Lipinski definition) is 5. The summed E-state index contributed by atoms with van der Waals surface area (Å²) in [4.78, 5) is 25.1. The second-order valence-corrected chi connectivity index (χ2v) is 7.46. The minimum Gasteiger partial charge on any atom is -0.493 e. The molecular formula is C24H25NO4S. The van der Waals surface area contributed by atoms with E-state index in [1.807, 2.05) is 60.0 Å². The minimum absolute atomic E-state index is 0.176. The van der Waals surface area contributed by atoms with Crippen LogP contribution in [0.25, 0.3) is 11.1 Å². The Morgan fingerprint density at radius 1 is 1.00 bits per heavy atom. The molecule has 2 aromatic carbocycles. The molecule has 30 heavy (non-hydrogen) atoms. The number of esters is 1. The molecule has 3 rings (SSSR count). The van der Waals surface area contributed by atoms with Crippen LogP contribution in [0.15, 0.2) is 60.0 Å². The first-order chi connectivity index (χ1) is 14.6. The third-order valence-electron chi connectivity index (χ3n) is 4.54. The molecule has 0 fully saturated rings. The lowest BCUT2D eigenvalue weighted by molar-refractivity contribution is -0.116. The lowest BCUT2D eigenvalue weighted by Gasteiger charge is -2.10. The van der Waals surface area contributed by atoms with Gasteiger partial charge in [0.05, 0.1) is 19.6 Å². The van der Waals surface area contributed by atoms with Crippen LogP contribution in [0.5, 0.6) is 5.75 Å². The number of aryl methyl sites for hydroxylation is 1. The Morgan fingerprint density at radius 2 is 1.73 bits per heavy atom. The highest BCUT2D eigenvalue weighted by Crippen LogP contribution is 2.36. The number of amides is 1. The van der Waals surface area contributed by atoms with E-state index in [4.69, 9.17) is 9.47 Å². The molecule has 0 radical (unpaired) electrons. The van der Waals surface area contributed by atoms with Gasteiger partial charge in [0.2, 0.25) is 5.91 Å². The summed E-state index contributed by atoms with van der Waals surface area (Å²) in [5.41, 5.74) is 3.29. The summed E-state index contributed by atoms with van der Waals surface area (Å²) in [5, 5.41) is 5.22. The second kappa shape index (κ2) is 10.6. The topological polar surface area (TPSA) is 64.6 Å². The van der Waals surface area contributed by atoms with Gasteiger partial charge in [-0.05, 0) is 36.6 Å². The van der Waals surface area contributed by atoms with Gasteiger partial charge in [0, 0.05) is 10.9 Å². The number of para-hydroxylation sites is 1. The highest BCUT2D eigenvalue weighted by atomic mass is 32.1. The van der Waals surface area contributed by atoms with Crippen LogP contribution in [-0.2, 0) is 16.0 Å². The van der Waals surface area contributed by atoms with Gasteiger partial charge in [-0.1, -0.05) is 49.4 Å². The third kappa shape index (κ3) is 5.48. The molecule has 3 aromatic rings. The van der Waals surface area contributed by atoms with E-state index >= 15 is 0 Å². The van der Waals surface area contributed by atoms with Gasteiger partial charge < -0.3 is 14.8 Å². The molecule has 5 nitrogen and oxygen atoms in total. The number of carbonyl (C=O) groups excluding carboxylic acids is 2. The van der Waals surface area contributed by atoms with E-state index in [0.717, 1.165) is 17.5 Å². The first kappa shape index (κ1) is 21.6. The molecule has 0 aliphatic carbocycles. The van der Waals surface area contributed by atoms with Gasteiger partial charge in [-0.25, -0.2) is 4.79 Å². The van der Waals surface area contributed by atoms with Crippen molar-refractivity contribution in [3.63, 3.8) is 0 Å². The first-order valence-corrected chi connectivity index (χ1v) is 10.9. The standard InChI is InChI=1S/C24H25NO4S/c1-3-17-10-12-18(13-11-17)20-16-30-23(22(20)24(27)28-4-2)25-21(26)14-15-29-19-8-6-5-7-9-19/h5-13,16H,3-4,14-15H2,1-2H3,(H,25,26). The fraction of sp³-hybridized carbons (Fsp3) is 0.250. The monoisotopic (exact) mass is 423 g/mol. The number of thiophene rings is 1. The summed E-state index contributed by atoms with van der Waals surface area (Å²) in [7, 11) is 0. The summed E-state index contributed by atoms with van der Waals surface area (Å²) >= 11 is 1.32. The van der Waals surface area contributed by atoms with Gasteiger partial charge in [0.15, 0.2) is 0 Å². The summed E-state index contributed by atoms with van der Waals surface area (Å²) in [6.45, 7) is 4.38. The van der Waals surface area contributed by atoms with E-state index in [-0.39, 0.29) is 25.5 Å². The maximum atomic E-state index is 12.6. The van der Waals surface area contributed by atoms with Gasteiger partial charge >= 0.3 is 5.97 Å². The maximum absolute atomic E-state index is 12.6. The van der Waals surface area contributed by atoms with Crippen molar-refractivity contribution in [1.82, 2.24) is 0 Å². The normalized spacial score (nSPS) is 10.5. The minimum atomic E-state index is -0.441. The van der Waals surface area contributed by atoms with Crippen LogP contribution < -0.4 is 10.1 Å². The van der Waals surface area contributed by atoms with Crippen molar-refractivity contribution in [2.24, 2.45) is 0 Å². The van der Waals surface area contributed by atoms with Gasteiger partial charge in [0.1, 0.15) is 16.3 Å². The Bertz CT molecular complexity index is 980. The first-order valence-electron chi connectivity index (χ1n) is 9.98. The fourth-order valence-electron chi connectivity index (χ4n) is 2.96. The van der Waals surface area contributed by atoms with Crippen molar-refractivity contribution in [2.45, 2.75) is 26.7 Å². The van der Waals surface area contributed by atoms with Crippen LogP contribution in [0.1, 0.15) is 36.2 Å². The predicted molar refractivity (Wildman–Crippen MR) is 120 cm³/mol. The average molecular weight is 424 g/mol. The second-order valence-electron chi connectivity index (χ2n) is 6.58. The van der Waals surface area contributed by atoms with Crippen molar-refractivity contribution in [2.75, 3.05) is 18.5 Å². The van der Waals surface area contributed by atoms with Crippen LogP contribution in [0.2, 0.25) is 0 Å². The zero-order valence-corrected chi connectivity index (χ0v) is 18.0. The fourth-order valence-corrected chi connectivity index (χ4v) is 3.93. The largest absolute Gasteiger partial charge is 0.493 e. The zero-order chi connectivity index (χ0) is 21.3. The molecular weight excluding hydrogens is 398 g/mol. The zero-order valence-electron chi connectivity index (χ0n) is 17.1. The van der Waals surface area contributed by atoms with Crippen molar-refractivity contribution in [3.05, 3.63) is 71.1 Å². The van der Waals surface area contributed by atoms with E-state index in [9.17, 15) is 9.59 Å². The van der Waals surface area contributed by atoms with E-state index in [1.165, 1.54) is 16.9 Å². The number of benzene rings is 2. The van der Waals surface area contributed by atoms with Crippen molar-refractivity contribution in [1.29, 1.82) is 0 Å². The summed E-state index contributed by atoms with van der Waals surface area (Å²) in [5.74, 6) is 0.0572. The molecule has 0 spiro atoms. The number of ether oxygens (including phenoxy) is 2. The molecule has 0 bridgehead atoms. The van der Waals surface area contributed by atoms with Gasteiger partial charge in [-0.2, -0.15) is 0 Å². The van der Waals surface area contributed by atoms with Crippen molar-refractivity contribution >= 4 is 28.2 Å². The summed E-state index contributed by atoms with van der Waals surface area (Å²) in [6.07, 6.45) is 1.12. The lowest BCUT2D eigenvalue weighted by atomic mass is 10.0. The number of nitrogens with one attached hydrogen (secondary N) is 1. The molecule has 0 saturated carbocycles. The maximum Gasteiger partial charge on any atom is 0.341 e. The number of carbonyl (C=O) groups is 2. The molecule has 1 N–H and O–H groups in total. The van der Waals surface area contributed by atoms with E-state index in [2.05, 4.69) is 12.2 Å². The molecule has 156 valence electrons. The third-order valence-corrected chi connectivity index (χ3v) is 5.43. The van der Waals surface area contributed by atoms with E-state index < -0.39 is 5.97 Å². The molecule has 0 aliphatic heterocycles. The molecule has 1 aromatic heterocycles. The Morgan fingerprint density at radius 3 is 2.40 bits per heavy atom. The Balaban J connectivity index is 1.73. The van der Waals surface area contributed by atoms with Crippen LogP contribution in [-0.4, -0.2) is 25.1 Å².